The normalized spacial score (nSPS) is 15.8. The lowest BCUT2D eigenvalue weighted by Crippen LogP contribution is -2.40. The van der Waals surface area contributed by atoms with Gasteiger partial charge in [0.2, 0.25) is 0 Å². The Bertz CT molecular complexity index is 1550. The molecular weight excluding hydrogens is 496 g/mol. The number of aryl methyl sites for hydroxylation is 2. The number of benzene rings is 3. The van der Waals surface area contributed by atoms with Crippen molar-refractivity contribution in [2.45, 2.75) is 36.5 Å². The predicted octanol–water partition coefficient (Wildman–Crippen LogP) is 6.12. The number of aromatic nitrogens is 3. The Labute approximate surface area is 225 Å². The highest BCUT2D eigenvalue weighted by molar-refractivity contribution is 7.99. The molecule has 0 bridgehead atoms. The fraction of sp³-hybridized carbons (Fsp3) is 0.233. The maximum absolute atomic E-state index is 9.40. The molecule has 0 saturated carbocycles. The zero-order valence-corrected chi connectivity index (χ0v) is 22.1. The van der Waals surface area contributed by atoms with E-state index in [0.717, 1.165) is 56.3 Å². The van der Waals surface area contributed by atoms with Crippen LogP contribution in [0.5, 0.6) is 0 Å². The first-order chi connectivity index (χ1) is 18.6. The molecule has 6 rings (SSSR count). The summed E-state index contributed by atoms with van der Waals surface area (Å²) in [5, 5.41) is 15.2. The highest BCUT2D eigenvalue weighted by Crippen LogP contribution is 2.38. The Morgan fingerprint density at radius 2 is 1.82 bits per heavy atom. The van der Waals surface area contributed by atoms with Gasteiger partial charge in [-0.25, -0.2) is 9.97 Å². The van der Waals surface area contributed by atoms with E-state index in [9.17, 15) is 5.11 Å². The van der Waals surface area contributed by atoms with Gasteiger partial charge >= 0.3 is 0 Å². The lowest BCUT2D eigenvalue weighted by Gasteiger charge is -2.37. The second kappa shape index (κ2) is 10.6. The summed E-state index contributed by atoms with van der Waals surface area (Å²) in [6.07, 6.45) is 0. The van der Waals surface area contributed by atoms with Gasteiger partial charge in [0.05, 0.1) is 37.1 Å². The van der Waals surface area contributed by atoms with E-state index in [0.29, 0.717) is 18.4 Å². The Hall–Kier alpha value is -3.72. The van der Waals surface area contributed by atoms with Crippen molar-refractivity contribution in [1.29, 1.82) is 0 Å². The maximum atomic E-state index is 9.40. The van der Waals surface area contributed by atoms with Crippen molar-refractivity contribution >= 4 is 28.5 Å². The summed E-state index contributed by atoms with van der Waals surface area (Å²) in [4.78, 5) is 13.4. The SMILES string of the molecule is Cc1noc(C)c1-c1ccc2nc(Sc3ccc(CO)cc3)nc(N3CCOC[C@@H]3c3ccccc3)c2c1. The summed E-state index contributed by atoms with van der Waals surface area (Å²) in [5.74, 6) is 1.67. The Morgan fingerprint density at radius 3 is 2.55 bits per heavy atom. The smallest absolute Gasteiger partial charge is 0.195 e. The third-order valence-electron chi connectivity index (χ3n) is 6.88. The van der Waals surface area contributed by atoms with E-state index in [2.05, 4.69) is 52.5 Å². The molecule has 0 amide bonds. The van der Waals surface area contributed by atoms with E-state index in [4.69, 9.17) is 19.2 Å². The van der Waals surface area contributed by atoms with Crippen LogP contribution in [0, 0.1) is 13.8 Å². The minimum atomic E-state index is 0.0208. The molecule has 0 aliphatic carbocycles. The number of aliphatic hydroxyl groups is 1. The number of rotatable bonds is 6. The molecule has 192 valence electrons. The van der Waals surface area contributed by atoms with Crippen molar-refractivity contribution in [3.05, 3.63) is 95.4 Å². The fourth-order valence-corrected chi connectivity index (χ4v) is 5.74. The standard InChI is InChI=1S/C30H28N4O3S/c1-19-28(20(2)37-33-19)23-10-13-26-25(16-23)29(32-30(31-26)38-24-11-8-21(17-35)9-12-24)34-14-15-36-18-27(34)22-6-4-3-5-7-22/h3-13,16,27,35H,14-15,17-18H2,1-2H3/t27-/m1/s1. The van der Waals surface area contributed by atoms with Gasteiger partial charge in [0.25, 0.3) is 0 Å². The van der Waals surface area contributed by atoms with Gasteiger partial charge in [0, 0.05) is 22.4 Å². The zero-order chi connectivity index (χ0) is 26.1. The first-order valence-electron chi connectivity index (χ1n) is 12.6. The molecule has 0 unspecified atom stereocenters. The number of anilines is 1. The number of morpholine rings is 1. The van der Waals surface area contributed by atoms with Gasteiger partial charge in [-0.3, -0.25) is 0 Å². The number of hydrogen-bond acceptors (Lipinski definition) is 8. The minimum Gasteiger partial charge on any atom is -0.392 e. The second-order valence-electron chi connectivity index (χ2n) is 9.36. The third-order valence-corrected chi connectivity index (χ3v) is 7.75. The lowest BCUT2D eigenvalue weighted by atomic mass is 10.0. The highest BCUT2D eigenvalue weighted by atomic mass is 32.2. The van der Waals surface area contributed by atoms with Gasteiger partial charge in [-0.1, -0.05) is 53.7 Å². The molecule has 38 heavy (non-hydrogen) atoms. The van der Waals surface area contributed by atoms with Crippen LogP contribution in [0.4, 0.5) is 5.82 Å². The number of ether oxygens (including phenoxy) is 1. The van der Waals surface area contributed by atoms with Crippen LogP contribution in [0.15, 0.2) is 87.4 Å². The summed E-state index contributed by atoms with van der Waals surface area (Å²) in [5.41, 5.74) is 5.83. The molecule has 0 spiro atoms. The lowest BCUT2D eigenvalue weighted by molar-refractivity contribution is 0.0938. The van der Waals surface area contributed by atoms with E-state index in [1.54, 1.807) is 0 Å². The van der Waals surface area contributed by atoms with E-state index >= 15 is 0 Å². The zero-order valence-electron chi connectivity index (χ0n) is 21.3. The van der Waals surface area contributed by atoms with Crippen molar-refractivity contribution in [3.8, 4) is 11.1 Å². The topological polar surface area (TPSA) is 84.5 Å². The van der Waals surface area contributed by atoms with Gasteiger partial charge in [-0.15, -0.1) is 0 Å². The maximum Gasteiger partial charge on any atom is 0.195 e. The summed E-state index contributed by atoms with van der Waals surface area (Å²) < 4.78 is 11.4. The van der Waals surface area contributed by atoms with E-state index < -0.39 is 0 Å². The molecule has 7 nitrogen and oxygen atoms in total. The molecule has 0 radical (unpaired) electrons. The first-order valence-corrected chi connectivity index (χ1v) is 13.4. The first kappa shape index (κ1) is 24.6. The Morgan fingerprint density at radius 1 is 1.00 bits per heavy atom. The van der Waals surface area contributed by atoms with Crippen molar-refractivity contribution < 1.29 is 14.4 Å². The van der Waals surface area contributed by atoms with Crippen molar-refractivity contribution in [2.75, 3.05) is 24.7 Å². The van der Waals surface area contributed by atoms with Crippen molar-refractivity contribution in [2.24, 2.45) is 0 Å². The monoisotopic (exact) mass is 524 g/mol. The van der Waals surface area contributed by atoms with Crippen LogP contribution in [0.1, 0.15) is 28.6 Å². The highest BCUT2D eigenvalue weighted by Gasteiger charge is 2.28. The largest absolute Gasteiger partial charge is 0.392 e. The second-order valence-corrected chi connectivity index (χ2v) is 10.4. The molecule has 2 aromatic heterocycles. The Kier molecular flexibility index (Phi) is 6.84. The average molecular weight is 525 g/mol. The molecule has 3 aromatic carbocycles. The van der Waals surface area contributed by atoms with E-state index in [1.807, 2.05) is 44.2 Å². The van der Waals surface area contributed by atoms with Crippen molar-refractivity contribution in [3.63, 3.8) is 0 Å². The minimum absolute atomic E-state index is 0.0208. The third kappa shape index (κ3) is 4.78. The molecule has 1 saturated heterocycles. The number of hydrogen-bond donors (Lipinski definition) is 1. The quantitative estimate of drug-likeness (QED) is 0.266. The summed E-state index contributed by atoms with van der Waals surface area (Å²) in [7, 11) is 0. The Balaban J connectivity index is 1.49. The number of nitrogens with zero attached hydrogens (tertiary/aromatic N) is 4. The van der Waals surface area contributed by atoms with Gasteiger partial charge in [0.1, 0.15) is 11.6 Å². The molecule has 1 atom stereocenters. The van der Waals surface area contributed by atoms with Crippen LogP contribution >= 0.6 is 11.8 Å². The van der Waals surface area contributed by atoms with Gasteiger partial charge in [0.15, 0.2) is 5.16 Å². The molecule has 8 heteroatoms. The van der Waals surface area contributed by atoms with Crippen LogP contribution in [0.3, 0.4) is 0 Å². The van der Waals surface area contributed by atoms with Crippen LogP contribution < -0.4 is 4.90 Å². The fourth-order valence-electron chi connectivity index (χ4n) is 4.98. The molecule has 1 aliphatic heterocycles. The van der Waals surface area contributed by atoms with Crippen LogP contribution in [-0.4, -0.2) is 40.0 Å². The summed E-state index contributed by atoms with van der Waals surface area (Å²) >= 11 is 1.52. The van der Waals surface area contributed by atoms with Gasteiger partial charge < -0.3 is 19.3 Å². The average Bonchev–Trinajstić information content (AvgIpc) is 3.30. The van der Waals surface area contributed by atoms with E-state index in [1.165, 1.54) is 17.3 Å². The summed E-state index contributed by atoms with van der Waals surface area (Å²) in [6.45, 7) is 5.85. The van der Waals surface area contributed by atoms with Gasteiger partial charge in [-0.05, 0) is 66.6 Å². The van der Waals surface area contributed by atoms with E-state index in [-0.39, 0.29) is 12.6 Å². The van der Waals surface area contributed by atoms with Gasteiger partial charge in [-0.2, -0.15) is 0 Å². The van der Waals surface area contributed by atoms with Crippen molar-refractivity contribution in [1.82, 2.24) is 15.1 Å². The summed E-state index contributed by atoms with van der Waals surface area (Å²) in [6, 6.07) is 24.6. The number of aliphatic hydroxyl groups excluding tert-OH is 1. The van der Waals surface area contributed by atoms with Crippen LogP contribution in [0.25, 0.3) is 22.0 Å². The van der Waals surface area contributed by atoms with Crippen LogP contribution in [-0.2, 0) is 11.3 Å². The van der Waals surface area contributed by atoms with Crippen LogP contribution in [0.2, 0.25) is 0 Å². The predicted molar refractivity (Wildman–Crippen MR) is 148 cm³/mol. The molecule has 5 aromatic rings. The molecule has 1 aliphatic rings. The molecule has 1 fully saturated rings. The molecule has 1 N–H and O–H groups in total. The number of fused-ring (bicyclic) bond motifs is 1. The molecule has 3 heterocycles. The molecular formula is C30H28N4O3S.